The normalized spacial score (nSPS) is 12.8. The first-order valence-corrected chi connectivity index (χ1v) is 62.1. The molecule has 1 aliphatic heterocycles. The molecule has 1 atom stereocenters. The van der Waals surface area contributed by atoms with Gasteiger partial charge in [0.1, 0.15) is 25.5 Å². The Kier molecular flexibility index (Phi) is 49.1. The third-order valence-corrected chi connectivity index (χ3v) is 33.1. The van der Waals surface area contributed by atoms with E-state index in [0.717, 1.165) is 13.5 Å². The van der Waals surface area contributed by atoms with Crippen molar-refractivity contribution in [1.29, 1.82) is 0 Å². The number of H-pyrrole nitrogens is 1. The van der Waals surface area contributed by atoms with E-state index in [1.54, 1.807) is 22.1 Å². The number of nitrogens with zero attached hydrogens (tertiary/aromatic N) is 5. The number of hydrogen-bond acceptors (Lipinski definition) is 36. The van der Waals surface area contributed by atoms with Gasteiger partial charge in [-0.3, -0.25) is 70.3 Å². The number of ether oxygens (including phenoxy) is 11. The van der Waals surface area contributed by atoms with Crippen molar-refractivity contribution < 1.29 is 175 Å². The minimum atomic E-state index is -4.45. The maximum atomic E-state index is 14.1. The number of carbonyl (C=O) groups is 4. The Balaban J connectivity index is 1.11. The second-order valence-electron chi connectivity index (χ2n) is 31.2. The summed E-state index contributed by atoms with van der Waals surface area (Å²) in [6.07, 6.45) is 6.43. The van der Waals surface area contributed by atoms with E-state index < -0.39 is 151 Å². The van der Waals surface area contributed by atoms with E-state index in [1.165, 1.54) is 59.4 Å². The van der Waals surface area contributed by atoms with Gasteiger partial charge in [0.2, 0.25) is 17.2 Å². The van der Waals surface area contributed by atoms with Gasteiger partial charge in [0.05, 0.1) is 91.7 Å². The fraction of sp³-hybridized carbons (Fsp3) is 0.564. The first-order valence-electron chi connectivity index (χ1n) is 43.7. The number of benzene rings is 4. The molecule has 792 valence electrons. The molecule has 4 aromatic carbocycles. The number of hydrazine groups is 2. The first kappa shape index (κ1) is 119. The summed E-state index contributed by atoms with van der Waals surface area (Å²) in [4.78, 5) is 55.9. The van der Waals surface area contributed by atoms with Gasteiger partial charge in [-0.1, -0.05) is 18.6 Å². The molecule has 63 heteroatoms. The van der Waals surface area contributed by atoms with Crippen molar-refractivity contribution in [2.75, 3.05) is 144 Å². The molecule has 51 nitrogen and oxygen atoms in total. The summed E-state index contributed by atoms with van der Waals surface area (Å²) < 4.78 is 329. The average molecular weight is 2230 g/mol. The molecule has 1 aliphatic rings. The van der Waals surface area contributed by atoms with Crippen molar-refractivity contribution in [3.05, 3.63) is 112 Å². The topological polar surface area (TPSA) is 732 Å². The van der Waals surface area contributed by atoms with Crippen molar-refractivity contribution in [2.24, 2.45) is 0 Å². The number of hydrogen-bond donors (Lipinski definition) is 15. The van der Waals surface area contributed by atoms with Crippen LogP contribution >= 0.6 is 23.8 Å². The van der Waals surface area contributed by atoms with Crippen LogP contribution in [0.15, 0.2) is 72.8 Å². The van der Waals surface area contributed by atoms with Gasteiger partial charge in [-0.05, 0) is 94.2 Å². The zero-order valence-corrected chi connectivity index (χ0v) is 86.7. The molecule has 0 fully saturated rings. The molecule has 6 aromatic rings. The second-order valence-corrected chi connectivity index (χ2v) is 51.1. The molecule has 0 bridgehead atoms. The Bertz CT molecular complexity index is 6220. The predicted molar refractivity (Wildman–Crippen MR) is 519 cm³/mol. The van der Waals surface area contributed by atoms with E-state index in [-0.39, 0.29) is 296 Å². The Labute approximate surface area is 824 Å². The third kappa shape index (κ3) is 49.0. The van der Waals surface area contributed by atoms with Gasteiger partial charge in [-0.2, -0.15) is 67.3 Å². The van der Waals surface area contributed by atoms with Crippen molar-refractivity contribution in [2.45, 2.75) is 136 Å². The monoisotopic (exact) mass is 2230 g/mol. The molecule has 2 aromatic heterocycles. The van der Waals surface area contributed by atoms with Crippen LogP contribution in [0.2, 0.25) is 0 Å². The van der Waals surface area contributed by atoms with Crippen LogP contribution in [0.5, 0.6) is 63.2 Å². The Morgan fingerprint density at radius 3 is 1.11 bits per heavy atom. The van der Waals surface area contributed by atoms with Crippen molar-refractivity contribution >= 4 is 137 Å². The summed E-state index contributed by atoms with van der Waals surface area (Å²) in [6.45, 7) is 0.00353. The fourth-order valence-electron chi connectivity index (χ4n) is 12.7. The van der Waals surface area contributed by atoms with Crippen LogP contribution in [0.25, 0.3) is 0 Å². The van der Waals surface area contributed by atoms with Crippen LogP contribution < -0.4 is 84.3 Å². The van der Waals surface area contributed by atoms with Crippen LogP contribution in [0.3, 0.4) is 0 Å². The van der Waals surface area contributed by atoms with Gasteiger partial charge in [0.25, 0.3) is 88.5 Å². The number of aromatic amines is 1. The molecular formula is C78H117N12O39P3S9. The summed E-state index contributed by atoms with van der Waals surface area (Å²) in [5.41, 5.74) is 7.66. The smallest absolute Gasteiger partial charge is 0.264 e. The average Bonchev–Trinajstić information content (AvgIpc) is 1.68. The van der Waals surface area contributed by atoms with Crippen molar-refractivity contribution in [3.63, 3.8) is 0 Å². The number of rotatable bonds is 72. The molecule has 0 saturated heterocycles. The number of nitrogens with one attached hydrogen (secondary N) is 7. The van der Waals surface area contributed by atoms with E-state index in [9.17, 15) is 123 Å². The molecule has 0 spiro atoms. The van der Waals surface area contributed by atoms with Gasteiger partial charge >= 0.3 is 179 Å². The number of amides is 4. The molecule has 0 saturated carbocycles. The van der Waals surface area contributed by atoms with Crippen LogP contribution in [0.1, 0.15) is 162 Å². The van der Waals surface area contributed by atoms with Gasteiger partial charge in [0.15, 0.2) is 34.5 Å². The maximum absolute atomic E-state index is 14.1. The minimum Gasteiger partial charge on any atom is -0.489 e. The third-order valence-electron chi connectivity index (χ3n) is 19.2. The van der Waals surface area contributed by atoms with Gasteiger partial charge in [-0.15, -0.1) is 10.6 Å². The second kappa shape index (κ2) is 58.2. The first-order chi connectivity index (χ1) is 66.4. The summed E-state index contributed by atoms with van der Waals surface area (Å²) in [5.74, 6) is -8.28. The number of carbonyl (C=O) groups excluding carboxylic acids is 4. The fourth-order valence-corrected chi connectivity index (χ4v) is 19.1. The summed E-state index contributed by atoms with van der Waals surface area (Å²) in [7, 11) is -27.4. The Hall–Kier alpha value is -9.00. The van der Waals surface area contributed by atoms with Gasteiger partial charge < -0.3 is 64.0 Å². The largest absolute Gasteiger partial charge is 0.489 e. The molecule has 0 radical (unpaired) electrons. The molecule has 3 heterocycles. The molecule has 4 amide bonds. The van der Waals surface area contributed by atoms with E-state index in [4.69, 9.17) is 52.1 Å². The zero-order chi connectivity index (χ0) is 104. The van der Waals surface area contributed by atoms with E-state index in [0.29, 0.717) is 42.0 Å². The molecule has 141 heavy (non-hydrogen) atoms. The van der Waals surface area contributed by atoms with Crippen molar-refractivity contribution in [3.8, 4) is 63.2 Å². The number of aromatic nitrogens is 5. The summed E-state index contributed by atoms with van der Waals surface area (Å²) in [5, 5.41) is 24.6. The molecule has 0 aliphatic carbocycles. The zero-order valence-electron chi connectivity index (χ0n) is 76.4. The summed E-state index contributed by atoms with van der Waals surface area (Å²) >= 11 is 0. The van der Waals surface area contributed by atoms with E-state index >= 15 is 0 Å². The summed E-state index contributed by atoms with van der Waals surface area (Å²) in [6, 6.07) is 10.7. The minimum absolute atomic E-state index is 0.00374. The van der Waals surface area contributed by atoms with Gasteiger partial charge in [-0.25, -0.2) is 0 Å². The van der Waals surface area contributed by atoms with Crippen LogP contribution in [-0.2, 0) is 123 Å². The SMILES string of the molecule is CCCCNC(=O)c1cc(OCC2=CN(CCCNC(=O)c3cc(OCCCS(#P)=PP)c(CCCCS(=O)(=O)O)c(OCCCS(=O)(=O)O)c3)NN2)c(OCc2cn(CCCNC(=O)c3cc(OCCCS(=O)(=O)O)c(OCCCS(=O)(=O)O)c(OCCCS(=O)(=O)O)c3)[nH]2)c(OCc2cn(CCCNC(=O)c3cc(OCCCS(=O)(=O)O)c(OCCCS(=O)(=O)O)c(OCCCS(=O)(=O)O)c3)nn2)c1. The van der Waals surface area contributed by atoms with E-state index in [1.807, 2.05) is 6.92 Å². The molecular weight excluding hydrogens is 2110 g/mol. The molecule has 7 rings (SSSR count). The number of aryl methyl sites for hydroxylation is 2. The van der Waals surface area contributed by atoms with Crippen molar-refractivity contribution in [1.82, 2.24) is 62.0 Å². The quantitative estimate of drug-likeness (QED) is 0.0131. The Morgan fingerprint density at radius 1 is 0.397 bits per heavy atom. The van der Waals surface area contributed by atoms with Crippen LogP contribution in [0.4, 0.5) is 0 Å². The van der Waals surface area contributed by atoms with Crippen LogP contribution in [0, 0.1) is 0 Å². The molecule has 1 unspecified atom stereocenters. The standard InChI is InChI=1S/C78H117N12O39P3S9/c1-2-3-18-79-76(92)59-48-70(127-53-60-50-89(86-83-60)23-7-20-81-75(91)56-42-64(119-25-9-33-133(131)132-130)63(17-4-5-34-134(95,96)97)65(43-56)120-26-10-35-135(98,99)100)74(129-55-62-52-88(85-62)22-6-19-80-77(93)57-44-66(121-27-11-36-136(101,102)103)72(125-31-15-40-140(113,114)115)67(45-57)122-28-12-37-137(104,105)106)71(49-59)128-54-61-51-90(87-84-61)24-8-21-82-78(94)58-46-68(123-29-13-38-138(107,108)109)73(126-32-16-41-141(116,117)118)69(47-58)124-30-14-39-139(110,111)112/h42-52,83,85-86H,2-41,53-55,130H2,1H3,(H,79,92)(H,80,93)(H,81,91)(H,82,94)(H,95,96,97)(H,98,99,100)(H,101,102,103)(H,104,105,106)(H,107,108,109)(H,110,111,112)(H,113,114,115)(H,116,117,118). The Morgan fingerprint density at radius 2 is 0.723 bits per heavy atom. The maximum Gasteiger partial charge on any atom is 0.264 e. The van der Waals surface area contributed by atoms with E-state index in [2.05, 4.69) is 64.4 Å². The van der Waals surface area contributed by atoms with Gasteiger partial charge in [0, 0.05) is 68.4 Å². The van der Waals surface area contributed by atoms with Crippen LogP contribution in [-0.4, -0.2) is 301 Å². The predicted octanol–water partition coefficient (Wildman–Crippen LogP) is 5.27. The number of unbranched alkanes of at least 4 members (excludes halogenated alkanes) is 2. The molecule has 15 N–H and O–H groups in total.